The van der Waals surface area contributed by atoms with Crippen molar-refractivity contribution < 1.29 is 19.4 Å². The van der Waals surface area contributed by atoms with Crippen molar-refractivity contribution in [2.45, 2.75) is 58.3 Å². The summed E-state index contributed by atoms with van der Waals surface area (Å²) in [6.07, 6.45) is 2.78. The molecule has 1 aliphatic carbocycles. The van der Waals surface area contributed by atoms with E-state index in [-0.39, 0.29) is 16.9 Å². The second-order valence-corrected chi connectivity index (χ2v) is 7.92. The van der Waals surface area contributed by atoms with Crippen LogP contribution in [0.5, 0.6) is 5.75 Å². The maximum absolute atomic E-state index is 11.7. The molecule has 1 aliphatic heterocycles. The Labute approximate surface area is 143 Å². The van der Waals surface area contributed by atoms with Crippen molar-refractivity contribution in [1.29, 1.82) is 0 Å². The van der Waals surface area contributed by atoms with Gasteiger partial charge >= 0.3 is 5.97 Å². The lowest BCUT2D eigenvalue weighted by atomic mass is 9.68. The van der Waals surface area contributed by atoms with Crippen molar-refractivity contribution >= 4 is 5.97 Å². The van der Waals surface area contributed by atoms with Crippen LogP contribution in [-0.2, 0) is 11.3 Å². The van der Waals surface area contributed by atoms with Crippen LogP contribution < -0.4 is 4.74 Å². The van der Waals surface area contributed by atoms with Crippen LogP contribution >= 0.6 is 0 Å². The SMILES string of the molecule is COC(=O)c1ccc2c(c1)OCC(C)(C)N(C(O)C1(C)CCC1)C2. The number of esters is 1. The highest BCUT2D eigenvalue weighted by Gasteiger charge is 2.46. The minimum atomic E-state index is -0.504. The van der Waals surface area contributed by atoms with Crippen LogP contribution in [0.3, 0.4) is 0 Å². The number of rotatable bonds is 3. The third-order valence-electron chi connectivity index (χ3n) is 5.60. The monoisotopic (exact) mass is 333 g/mol. The number of hydrogen-bond acceptors (Lipinski definition) is 5. The van der Waals surface area contributed by atoms with Crippen molar-refractivity contribution in [2.24, 2.45) is 5.41 Å². The van der Waals surface area contributed by atoms with E-state index in [0.29, 0.717) is 24.5 Å². The summed E-state index contributed by atoms with van der Waals surface area (Å²) in [5.41, 5.74) is 1.11. The van der Waals surface area contributed by atoms with Gasteiger partial charge in [0.2, 0.25) is 0 Å². The molecule has 1 aromatic carbocycles. The van der Waals surface area contributed by atoms with Crippen LogP contribution in [0, 0.1) is 5.41 Å². The van der Waals surface area contributed by atoms with E-state index in [0.717, 1.165) is 18.4 Å². The molecule has 1 saturated carbocycles. The molecule has 5 nitrogen and oxygen atoms in total. The Morgan fingerprint density at radius 3 is 2.62 bits per heavy atom. The third-order valence-corrected chi connectivity index (χ3v) is 5.60. The molecule has 1 fully saturated rings. The Hall–Kier alpha value is -1.59. The molecule has 24 heavy (non-hydrogen) atoms. The summed E-state index contributed by atoms with van der Waals surface area (Å²) in [5, 5.41) is 11.0. The number of fused-ring (bicyclic) bond motifs is 1. The van der Waals surface area contributed by atoms with E-state index in [2.05, 4.69) is 25.7 Å². The van der Waals surface area contributed by atoms with Gasteiger partial charge in [0.25, 0.3) is 0 Å². The molecule has 3 rings (SSSR count). The molecule has 1 unspecified atom stereocenters. The van der Waals surface area contributed by atoms with Gasteiger partial charge in [-0.05, 0) is 38.8 Å². The van der Waals surface area contributed by atoms with E-state index in [1.54, 1.807) is 12.1 Å². The Morgan fingerprint density at radius 2 is 2.04 bits per heavy atom. The van der Waals surface area contributed by atoms with Gasteiger partial charge < -0.3 is 14.6 Å². The lowest BCUT2D eigenvalue weighted by molar-refractivity contribution is -0.160. The Kier molecular flexibility index (Phi) is 4.34. The molecule has 0 spiro atoms. The summed E-state index contributed by atoms with van der Waals surface area (Å²) in [7, 11) is 1.37. The van der Waals surface area contributed by atoms with Crippen molar-refractivity contribution in [3.05, 3.63) is 29.3 Å². The van der Waals surface area contributed by atoms with Crippen LogP contribution in [0.4, 0.5) is 0 Å². The third kappa shape index (κ3) is 2.91. The summed E-state index contributed by atoms with van der Waals surface area (Å²) in [6, 6.07) is 5.38. The lowest BCUT2D eigenvalue weighted by Crippen LogP contribution is -2.58. The van der Waals surface area contributed by atoms with Gasteiger partial charge in [-0.2, -0.15) is 0 Å². The number of ether oxygens (including phenoxy) is 2. The predicted octanol–water partition coefficient (Wildman–Crippen LogP) is 2.95. The zero-order valence-electron chi connectivity index (χ0n) is 15.0. The summed E-state index contributed by atoms with van der Waals surface area (Å²) in [5.74, 6) is 0.322. The fourth-order valence-electron chi connectivity index (χ4n) is 3.59. The van der Waals surface area contributed by atoms with E-state index >= 15 is 0 Å². The fourth-order valence-corrected chi connectivity index (χ4v) is 3.59. The molecule has 0 aromatic heterocycles. The second kappa shape index (κ2) is 6.05. The van der Waals surface area contributed by atoms with Crippen molar-refractivity contribution in [3.8, 4) is 5.75 Å². The number of benzene rings is 1. The zero-order chi connectivity index (χ0) is 17.5. The number of aliphatic hydroxyl groups is 1. The highest BCUT2D eigenvalue weighted by atomic mass is 16.5. The average Bonchev–Trinajstić information content (AvgIpc) is 2.67. The topological polar surface area (TPSA) is 59.0 Å². The second-order valence-electron chi connectivity index (χ2n) is 7.92. The Morgan fingerprint density at radius 1 is 1.33 bits per heavy atom. The van der Waals surface area contributed by atoms with Gasteiger partial charge in [0.05, 0.1) is 18.2 Å². The number of carbonyl (C=O) groups is 1. The number of carbonyl (C=O) groups excluding carboxylic acids is 1. The standard InChI is InChI=1S/C19H27NO4/c1-18(2)12-24-15-10-13(16(21)23-4)6-7-14(15)11-20(18)17(22)19(3)8-5-9-19/h6-7,10,17,22H,5,8-9,11-12H2,1-4H3. The quantitative estimate of drug-likeness (QED) is 0.862. The highest BCUT2D eigenvalue weighted by Crippen LogP contribution is 2.46. The van der Waals surface area contributed by atoms with E-state index < -0.39 is 6.23 Å². The van der Waals surface area contributed by atoms with Gasteiger partial charge in [-0.3, -0.25) is 4.90 Å². The molecule has 1 N–H and O–H groups in total. The lowest BCUT2D eigenvalue weighted by Gasteiger charge is -2.50. The van der Waals surface area contributed by atoms with Crippen molar-refractivity contribution in [1.82, 2.24) is 4.90 Å². The molecular weight excluding hydrogens is 306 g/mol. The van der Waals surface area contributed by atoms with Crippen molar-refractivity contribution in [2.75, 3.05) is 13.7 Å². The van der Waals surface area contributed by atoms with Crippen molar-refractivity contribution in [3.63, 3.8) is 0 Å². The molecule has 0 saturated heterocycles. The molecule has 1 heterocycles. The summed E-state index contributed by atoms with van der Waals surface area (Å²) in [6.45, 7) is 7.39. The van der Waals surface area contributed by atoms with Gasteiger partial charge in [0.15, 0.2) is 0 Å². The molecule has 132 valence electrons. The first-order chi connectivity index (χ1) is 11.3. The molecule has 2 aliphatic rings. The van der Waals surface area contributed by atoms with Gasteiger partial charge in [-0.15, -0.1) is 0 Å². The minimum Gasteiger partial charge on any atom is -0.491 e. The zero-order valence-corrected chi connectivity index (χ0v) is 15.0. The van der Waals surface area contributed by atoms with Gasteiger partial charge in [-0.25, -0.2) is 4.79 Å². The van der Waals surface area contributed by atoms with Gasteiger partial charge in [0, 0.05) is 17.5 Å². The number of methoxy groups -OCH3 is 1. The average molecular weight is 333 g/mol. The van der Waals surface area contributed by atoms with Crippen LogP contribution in [-0.4, -0.2) is 41.5 Å². The van der Waals surface area contributed by atoms with E-state index in [1.807, 2.05) is 6.07 Å². The van der Waals surface area contributed by atoms with Gasteiger partial charge in [-0.1, -0.05) is 19.4 Å². The van der Waals surface area contributed by atoms with Crippen LogP contribution in [0.25, 0.3) is 0 Å². The molecule has 0 radical (unpaired) electrons. The smallest absolute Gasteiger partial charge is 0.337 e. The molecule has 1 atom stereocenters. The first-order valence-corrected chi connectivity index (χ1v) is 8.56. The molecule has 0 bridgehead atoms. The first kappa shape index (κ1) is 17.2. The summed E-state index contributed by atoms with van der Waals surface area (Å²) < 4.78 is 10.8. The maximum Gasteiger partial charge on any atom is 0.337 e. The largest absolute Gasteiger partial charge is 0.491 e. The summed E-state index contributed by atoms with van der Waals surface area (Å²) >= 11 is 0. The normalized spacial score (nSPS) is 23.2. The first-order valence-electron chi connectivity index (χ1n) is 8.56. The molecule has 1 aromatic rings. The minimum absolute atomic E-state index is 0.0479. The molecule has 5 heteroatoms. The maximum atomic E-state index is 11.7. The Balaban J connectivity index is 1.91. The number of nitrogens with zero attached hydrogens (tertiary/aromatic N) is 1. The predicted molar refractivity (Wildman–Crippen MR) is 90.9 cm³/mol. The number of aliphatic hydroxyl groups excluding tert-OH is 1. The molecule has 0 amide bonds. The summed E-state index contributed by atoms with van der Waals surface area (Å²) in [4.78, 5) is 13.9. The van der Waals surface area contributed by atoms with Crippen LogP contribution in [0.15, 0.2) is 18.2 Å². The number of hydrogen-bond donors (Lipinski definition) is 1. The van der Waals surface area contributed by atoms with E-state index in [4.69, 9.17) is 9.47 Å². The van der Waals surface area contributed by atoms with Gasteiger partial charge in [0.1, 0.15) is 18.6 Å². The van der Waals surface area contributed by atoms with E-state index in [9.17, 15) is 9.90 Å². The Bertz CT molecular complexity index is 636. The van der Waals surface area contributed by atoms with Crippen LogP contribution in [0.2, 0.25) is 0 Å². The fraction of sp³-hybridized carbons (Fsp3) is 0.632. The van der Waals surface area contributed by atoms with E-state index in [1.165, 1.54) is 13.5 Å². The van der Waals surface area contributed by atoms with Crippen LogP contribution in [0.1, 0.15) is 56.0 Å². The molecular formula is C19H27NO4. The highest BCUT2D eigenvalue weighted by molar-refractivity contribution is 5.89.